The first-order chi connectivity index (χ1) is 16.1. The fourth-order valence-corrected chi connectivity index (χ4v) is 5.78. The van der Waals surface area contributed by atoms with Crippen LogP contribution in [0.15, 0.2) is 24.3 Å². The van der Waals surface area contributed by atoms with Gasteiger partial charge in [0.2, 0.25) is 11.9 Å². The van der Waals surface area contributed by atoms with Crippen LogP contribution in [0.2, 0.25) is 5.02 Å². The van der Waals surface area contributed by atoms with Crippen LogP contribution in [-0.4, -0.2) is 89.0 Å². The van der Waals surface area contributed by atoms with Gasteiger partial charge in [-0.05, 0) is 62.9 Å². The van der Waals surface area contributed by atoms with Crippen LogP contribution in [-0.2, 0) is 11.2 Å². The highest BCUT2D eigenvalue weighted by Crippen LogP contribution is 2.27. The van der Waals surface area contributed by atoms with Crippen molar-refractivity contribution in [2.24, 2.45) is 0 Å². The van der Waals surface area contributed by atoms with Crippen LogP contribution in [0, 0.1) is 0 Å². The maximum Gasteiger partial charge on any atom is 0.226 e. The van der Waals surface area contributed by atoms with Crippen molar-refractivity contribution in [1.29, 1.82) is 0 Å². The van der Waals surface area contributed by atoms with Gasteiger partial charge in [0.1, 0.15) is 0 Å². The van der Waals surface area contributed by atoms with Crippen molar-refractivity contribution in [2.45, 2.75) is 56.7 Å². The molecule has 180 valence electrons. The minimum atomic E-state index is 0.289. The van der Waals surface area contributed by atoms with E-state index in [4.69, 9.17) is 22.1 Å². The lowest BCUT2D eigenvalue weighted by Crippen LogP contribution is -2.59. The standard InChI is InChI=1S/C24H36ClN7O/c25-19-6-4-18(5-7-19)14-21-17-33-22(15-30-10-2-1-3-11-30)16-32(21)20-8-12-31(13-9-20)24-27-23(26)28-29-24/h4-7,20-22H,1-3,8-17H2,(H3,26,27,28,29). The monoisotopic (exact) mass is 473 g/mol. The molecule has 9 heteroatoms. The van der Waals surface area contributed by atoms with Crippen molar-refractivity contribution in [2.75, 3.05) is 56.5 Å². The number of rotatable bonds is 6. The van der Waals surface area contributed by atoms with Crippen LogP contribution in [0.5, 0.6) is 0 Å². The highest BCUT2D eigenvalue weighted by molar-refractivity contribution is 6.30. The molecule has 0 bridgehead atoms. The molecule has 3 N–H and O–H groups in total. The molecule has 4 heterocycles. The molecule has 3 aliphatic heterocycles. The zero-order valence-corrected chi connectivity index (χ0v) is 20.1. The highest BCUT2D eigenvalue weighted by Gasteiger charge is 2.36. The topological polar surface area (TPSA) is 86.5 Å². The lowest BCUT2D eigenvalue weighted by atomic mass is 9.96. The number of nitrogen functional groups attached to an aromatic ring is 1. The molecule has 5 rings (SSSR count). The van der Waals surface area contributed by atoms with E-state index < -0.39 is 0 Å². The van der Waals surface area contributed by atoms with E-state index in [1.807, 2.05) is 12.1 Å². The molecule has 8 nitrogen and oxygen atoms in total. The number of H-pyrrole nitrogens is 1. The number of nitrogens with one attached hydrogen (secondary N) is 1. The summed E-state index contributed by atoms with van der Waals surface area (Å²) in [6.07, 6.45) is 7.50. The molecule has 0 radical (unpaired) electrons. The van der Waals surface area contributed by atoms with E-state index >= 15 is 0 Å². The summed E-state index contributed by atoms with van der Waals surface area (Å²) in [6, 6.07) is 9.22. The summed E-state index contributed by atoms with van der Waals surface area (Å²) in [6.45, 7) is 7.21. The summed E-state index contributed by atoms with van der Waals surface area (Å²) < 4.78 is 6.45. The van der Waals surface area contributed by atoms with Crippen LogP contribution in [0.4, 0.5) is 11.9 Å². The average Bonchev–Trinajstić information content (AvgIpc) is 3.28. The fourth-order valence-electron chi connectivity index (χ4n) is 5.65. The van der Waals surface area contributed by atoms with Crippen molar-refractivity contribution in [3.05, 3.63) is 34.9 Å². The third-order valence-corrected chi connectivity index (χ3v) is 7.68. The van der Waals surface area contributed by atoms with E-state index in [9.17, 15) is 0 Å². The van der Waals surface area contributed by atoms with E-state index in [1.165, 1.54) is 37.9 Å². The number of morpholine rings is 1. The summed E-state index contributed by atoms with van der Waals surface area (Å²) in [5.41, 5.74) is 7.05. The minimum Gasteiger partial charge on any atom is -0.374 e. The normalized spacial score (nSPS) is 26.0. The van der Waals surface area contributed by atoms with Gasteiger partial charge in [-0.15, -0.1) is 10.2 Å². The third-order valence-electron chi connectivity index (χ3n) is 7.43. The second kappa shape index (κ2) is 10.6. The number of nitrogens with zero attached hydrogens (tertiary/aromatic N) is 5. The fraction of sp³-hybridized carbons (Fsp3) is 0.667. The van der Waals surface area contributed by atoms with Crippen LogP contribution >= 0.6 is 11.6 Å². The number of anilines is 2. The van der Waals surface area contributed by atoms with E-state index in [0.717, 1.165) is 63.0 Å². The van der Waals surface area contributed by atoms with Crippen LogP contribution in [0.1, 0.15) is 37.7 Å². The van der Waals surface area contributed by atoms with Crippen molar-refractivity contribution < 1.29 is 4.74 Å². The largest absolute Gasteiger partial charge is 0.374 e. The third kappa shape index (κ3) is 5.80. The van der Waals surface area contributed by atoms with Gasteiger partial charge in [-0.1, -0.05) is 30.2 Å². The van der Waals surface area contributed by atoms with Crippen LogP contribution in [0.3, 0.4) is 0 Å². The molecular weight excluding hydrogens is 438 g/mol. The van der Waals surface area contributed by atoms with Gasteiger partial charge in [-0.2, -0.15) is 0 Å². The summed E-state index contributed by atoms with van der Waals surface area (Å²) in [5.74, 6) is 1.16. The van der Waals surface area contributed by atoms with Crippen LogP contribution in [0.25, 0.3) is 0 Å². The summed E-state index contributed by atoms with van der Waals surface area (Å²) >= 11 is 6.12. The molecule has 3 aliphatic rings. The number of aromatic nitrogens is 3. The molecule has 1 aromatic heterocycles. The Morgan fingerprint density at radius 1 is 1.03 bits per heavy atom. The molecular formula is C24H36ClN7O. The smallest absolute Gasteiger partial charge is 0.226 e. The van der Waals surface area contributed by atoms with Gasteiger partial charge in [0.05, 0.1) is 12.7 Å². The molecule has 3 fully saturated rings. The first-order valence-corrected chi connectivity index (χ1v) is 12.8. The summed E-state index contributed by atoms with van der Waals surface area (Å²) in [5, 5.41) is 8.89. The maximum atomic E-state index is 6.45. The zero-order valence-electron chi connectivity index (χ0n) is 19.3. The SMILES string of the molecule is Nc1nnc(N2CCC(N3CC(CN4CCCCC4)OCC3Cc3ccc(Cl)cc3)CC2)[nH]1. The van der Waals surface area contributed by atoms with E-state index in [-0.39, 0.29) is 6.10 Å². The van der Waals surface area contributed by atoms with Gasteiger partial charge in [-0.3, -0.25) is 9.88 Å². The van der Waals surface area contributed by atoms with E-state index in [1.54, 1.807) is 0 Å². The number of ether oxygens (including phenoxy) is 1. The molecule has 1 aromatic carbocycles. The Kier molecular flexibility index (Phi) is 7.35. The number of aromatic amines is 1. The molecule has 2 unspecified atom stereocenters. The Morgan fingerprint density at radius 2 is 1.79 bits per heavy atom. The van der Waals surface area contributed by atoms with Crippen molar-refractivity contribution in [3.8, 4) is 0 Å². The lowest BCUT2D eigenvalue weighted by Gasteiger charge is -2.47. The molecule has 3 saturated heterocycles. The Balaban J connectivity index is 1.25. The minimum absolute atomic E-state index is 0.289. The molecule has 0 aliphatic carbocycles. The van der Waals surface area contributed by atoms with Crippen molar-refractivity contribution in [1.82, 2.24) is 25.0 Å². The molecule has 0 saturated carbocycles. The predicted octanol–water partition coefficient (Wildman–Crippen LogP) is 2.81. The van der Waals surface area contributed by atoms with Gasteiger partial charge in [-0.25, -0.2) is 0 Å². The quantitative estimate of drug-likeness (QED) is 0.667. The summed E-state index contributed by atoms with van der Waals surface area (Å²) in [7, 11) is 0. The molecule has 33 heavy (non-hydrogen) atoms. The number of benzene rings is 1. The van der Waals surface area contributed by atoms with E-state index in [0.29, 0.717) is 18.0 Å². The molecule has 0 amide bonds. The second-order valence-corrected chi connectivity index (χ2v) is 10.2. The number of halogens is 1. The van der Waals surface area contributed by atoms with E-state index in [2.05, 4.69) is 42.0 Å². The lowest BCUT2D eigenvalue weighted by molar-refractivity contribution is -0.0921. The Labute approximate surface area is 201 Å². The van der Waals surface area contributed by atoms with Crippen LogP contribution < -0.4 is 10.6 Å². The highest BCUT2D eigenvalue weighted by atomic mass is 35.5. The first kappa shape index (κ1) is 22.9. The zero-order chi connectivity index (χ0) is 22.6. The number of nitrogens with two attached hydrogens (primary N) is 1. The second-order valence-electron chi connectivity index (χ2n) is 9.75. The Morgan fingerprint density at radius 3 is 2.48 bits per heavy atom. The van der Waals surface area contributed by atoms with Gasteiger partial charge in [0, 0.05) is 43.3 Å². The number of hydrogen-bond donors (Lipinski definition) is 2. The van der Waals surface area contributed by atoms with Gasteiger partial charge in [0.15, 0.2) is 0 Å². The first-order valence-electron chi connectivity index (χ1n) is 12.4. The molecule has 2 atom stereocenters. The summed E-state index contributed by atoms with van der Waals surface area (Å²) in [4.78, 5) is 10.7. The number of hydrogen-bond acceptors (Lipinski definition) is 7. The number of likely N-dealkylation sites (tertiary alicyclic amines) is 1. The predicted molar refractivity (Wildman–Crippen MR) is 132 cm³/mol. The maximum absolute atomic E-state index is 6.45. The van der Waals surface area contributed by atoms with Gasteiger partial charge >= 0.3 is 0 Å². The van der Waals surface area contributed by atoms with Crippen molar-refractivity contribution >= 4 is 23.5 Å². The van der Waals surface area contributed by atoms with Crippen molar-refractivity contribution in [3.63, 3.8) is 0 Å². The number of piperidine rings is 2. The molecule has 2 aromatic rings. The molecule has 0 spiro atoms. The Hall–Kier alpha value is -1.87. The van der Waals surface area contributed by atoms with Gasteiger partial charge in [0.25, 0.3) is 0 Å². The van der Waals surface area contributed by atoms with Gasteiger partial charge < -0.3 is 20.3 Å². The average molecular weight is 474 g/mol. The Bertz CT molecular complexity index is 877.